The second-order valence-electron chi connectivity index (χ2n) is 6.81. The minimum absolute atomic E-state index is 0.916. The van der Waals surface area contributed by atoms with Crippen LogP contribution < -0.4 is 0 Å². The smallest absolute Gasteiger partial charge is 0.133 e. The first-order chi connectivity index (χ1) is 13.8. The number of hydrogen-bond acceptors (Lipinski definition) is 0. The average molecular weight is 381 g/mol. The van der Waals surface area contributed by atoms with Gasteiger partial charge in [-0.15, -0.1) is 11.1 Å². The highest BCUT2D eigenvalue weighted by Gasteiger charge is 2.08. The van der Waals surface area contributed by atoms with E-state index in [4.69, 9.17) is 0 Å². The van der Waals surface area contributed by atoms with Crippen molar-refractivity contribution < 1.29 is 0 Å². The first kappa shape index (κ1) is 16.8. The van der Waals surface area contributed by atoms with Crippen molar-refractivity contribution in [2.75, 3.05) is 0 Å². The Morgan fingerprint density at radius 2 is 1.04 bits per heavy atom. The van der Waals surface area contributed by atoms with Crippen LogP contribution >= 0.6 is 0 Å². The first-order valence-corrected chi connectivity index (χ1v) is 9.95. The van der Waals surface area contributed by atoms with Crippen molar-refractivity contribution in [3.63, 3.8) is 0 Å². The fourth-order valence-electron chi connectivity index (χ4n) is 3.89. The SMILES string of the molecule is [Si]C#Cc1ccc2cc3cc4cc5ccccc5cc4cc3cc2c1C#C[Si]. The summed E-state index contributed by atoms with van der Waals surface area (Å²) in [6.07, 6.45) is 0. The van der Waals surface area contributed by atoms with Crippen molar-refractivity contribution in [1.29, 1.82) is 0 Å². The highest BCUT2D eigenvalue weighted by Crippen LogP contribution is 2.32. The normalized spacial score (nSPS) is 10.6. The van der Waals surface area contributed by atoms with Gasteiger partial charge >= 0.3 is 0 Å². The molecule has 0 bridgehead atoms. The van der Waals surface area contributed by atoms with E-state index in [0.717, 1.165) is 21.9 Å². The minimum Gasteiger partial charge on any atom is -0.133 e. The summed E-state index contributed by atoms with van der Waals surface area (Å²) in [6, 6.07) is 26.2. The van der Waals surface area contributed by atoms with Crippen molar-refractivity contribution in [2.24, 2.45) is 0 Å². The summed E-state index contributed by atoms with van der Waals surface area (Å²) >= 11 is 0. The monoisotopic (exact) mass is 380 g/mol. The third kappa shape index (κ3) is 2.72. The Morgan fingerprint density at radius 3 is 1.64 bits per heavy atom. The molecule has 0 spiro atoms. The van der Waals surface area contributed by atoms with Crippen molar-refractivity contribution in [1.82, 2.24) is 0 Å². The van der Waals surface area contributed by atoms with Crippen LogP contribution in [-0.4, -0.2) is 20.5 Å². The highest BCUT2D eigenvalue weighted by molar-refractivity contribution is 6.23. The Balaban J connectivity index is 1.88. The standard InChI is InChI=1S/C26H12Si2/c27-9-7-17-5-6-20-13-23-14-21-11-18-3-1-2-4-19(18)12-22(21)15-24(23)16-26(20)25(17)8-10-28/h1-6,11-16H. The summed E-state index contributed by atoms with van der Waals surface area (Å²) in [4.78, 5) is 0. The molecule has 124 valence electrons. The second-order valence-corrected chi connectivity index (χ2v) is 7.31. The number of fused-ring (bicyclic) bond motifs is 4. The number of benzene rings is 5. The molecule has 0 fully saturated rings. The lowest BCUT2D eigenvalue weighted by atomic mass is 9.94. The molecule has 6 radical (unpaired) electrons. The van der Waals surface area contributed by atoms with E-state index >= 15 is 0 Å². The predicted molar refractivity (Wildman–Crippen MR) is 122 cm³/mol. The van der Waals surface area contributed by atoms with E-state index in [2.05, 4.69) is 110 Å². The van der Waals surface area contributed by atoms with Crippen LogP contribution in [0.4, 0.5) is 0 Å². The van der Waals surface area contributed by atoms with Crippen LogP contribution in [-0.2, 0) is 0 Å². The van der Waals surface area contributed by atoms with E-state index in [1.807, 2.05) is 6.07 Å². The van der Waals surface area contributed by atoms with Gasteiger partial charge in [0.15, 0.2) is 0 Å². The van der Waals surface area contributed by atoms with E-state index in [1.54, 1.807) is 0 Å². The average Bonchev–Trinajstić information content (AvgIpc) is 2.71. The van der Waals surface area contributed by atoms with Gasteiger partial charge in [0.1, 0.15) is 20.5 Å². The van der Waals surface area contributed by atoms with Crippen LogP contribution in [0.25, 0.3) is 43.1 Å². The molecular formula is C26H12Si2. The van der Waals surface area contributed by atoms with Gasteiger partial charge in [-0.25, -0.2) is 0 Å². The molecule has 0 saturated heterocycles. The Morgan fingerprint density at radius 1 is 0.500 bits per heavy atom. The molecule has 2 heteroatoms. The molecule has 5 aromatic carbocycles. The van der Waals surface area contributed by atoms with E-state index in [-0.39, 0.29) is 0 Å². The summed E-state index contributed by atoms with van der Waals surface area (Å²) < 4.78 is 0. The Hall–Kier alpha value is -3.31. The summed E-state index contributed by atoms with van der Waals surface area (Å²) in [7, 11) is 6.54. The molecule has 0 aliphatic heterocycles. The van der Waals surface area contributed by atoms with E-state index in [1.165, 1.54) is 32.3 Å². The van der Waals surface area contributed by atoms with Gasteiger partial charge in [0.05, 0.1) is 0 Å². The van der Waals surface area contributed by atoms with Crippen LogP contribution in [0.15, 0.2) is 72.8 Å². The second kappa shape index (κ2) is 6.69. The molecule has 0 aliphatic carbocycles. The van der Waals surface area contributed by atoms with E-state index < -0.39 is 0 Å². The van der Waals surface area contributed by atoms with Crippen molar-refractivity contribution in [3.05, 3.63) is 83.9 Å². The van der Waals surface area contributed by atoms with Gasteiger partial charge in [-0.3, -0.25) is 0 Å². The molecule has 0 N–H and O–H groups in total. The molecular weight excluding hydrogens is 368 g/mol. The third-order valence-corrected chi connectivity index (χ3v) is 5.43. The fraction of sp³-hybridized carbons (Fsp3) is 0. The molecule has 0 aromatic heterocycles. The molecule has 0 aliphatic rings. The number of rotatable bonds is 0. The number of hydrogen-bond donors (Lipinski definition) is 0. The van der Waals surface area contributed by atoms with Crippen molar-refractivity contribution in [2.45, 2.75) is 0 Å². The summed E-state index contributed by atoms with van der Waals surface area (Å²) in [5.74, 6) is 6.26. The molecule has 28 heavy (non-hydrogen) atoms. The molecule has 0 unspecified atom stereocenters. The van der Waals surface area contributed by atoms with Gasteiger partial charge in [0.25, 0.3) is 0 Å². The lowest BCUT2D eigenvalue weighted by Crippen LogP contribution is -1.88. The van der Waals surface area contributed by atoms with Crippen LogP contribution in [0.2, 0.25) is 0 Å². The van der Waals surface area contributed by atoms with E-state index in [9.17, 15) is 0 Å². The summed E-state index contributed by atoms with van der Waals surface area (Å²) in [5, 5.41) is 9.74. The zero-order chi connectivity index (χ0) is 19.1. The molecule has 0 amide bonds. The van der Waals surface area contributed by atoms with Gasteiger partial charge in [0.2, 0.25) is 0 Å². The molecule has 0 heterocycles. The molecule has 0 atom stereocenters. The lowest BCUT2D eigenvalue weighted by molar-refractivity contribution is 1.66. The first-order valence-electron chi connectivity index (χ1n) is 8.95. The van der Waals surface area contributed by atoms with Gasteiger partial charge < -0.3 is 0 Å². The maximum Gasteiger partial charge on any atom is 0.147 e. The summed E-state index contributed by atoms with van der Waals surface area (Å²) in [6.45, 7) is 0. The molecule has 0 saturated carbocycles. The van der Waals surface area contributed by atoms with Gasteiger partial charge in [-0.2, -0.15) is 0 Å². The van der Waals surface area contributed by atoms with Gasteiger partial charge in [-0.1, -0.05) is 42.2 Å². The maximum absolute atomic E-state index is 3.29. The van der Waals surface area contributed by atoms with Crippen LogP contribution in [0, 0.1) is 22.9 Å². The zero-order valence-corrected chi connectivity index (χ0v) is 16.9. The Bertz CT molecular complexity index is 1540. The van der Waals surface area contributed by atoms with Crippen LogP contribution in [0.1, 0.15) is 11.1 Å². The lowest BCUT2D eigenvalue weighted by Gasteiger charge is -2.09. The van der Waals surface area contributed by atoms with Gasteiger partial charge in [-0.05, 0) is 85.6 Å². The fourth-order valence-corrected chi connectivity index (χ4v) is 4.15. The zero-order valence-electron chi connectivity index (χ0n) is 14.9. The van der Waals surface area contributed by atoms with Crippen LogP contribution in [0.5, 0.6) is 0 Å². The van der Waals surface area contributed by atoms with Gasteiger partial charge in [0, 0.05) is 11.1 Å². The Labute approximate surface area is 170 Å². The quantitative estimate of drug-likeness (QED) is 0.195. The minimum atomic E-state index is 0.916. The highest BCUT2D eigenvalue weighted by atomic mass is 28.1. The molecule has 0 nitrogen and oxygen atoms in total. The molecule has 5 rings (SSSR count). The molecule has 5 aromatic rings. The largest absolute Gasteiger partial charge is 0.147 e. The predicted octanol–water partition coefficient (Wildman–Crippen LogP) is 5.25. The van der Waals surface area contributed by atoms with Crippen molar-refractivity contribution in [3.8, 4) is 22.9 Å². The Kier molecular flexibility index (Phi) is 4.03. The summed E-state index contributed by atoms with van der Waals surface area (Å²) in [5.41, 5.74) is 7.50. The maximum atomic E-state index is 3.29. The van der Waals surface area contributed by atoms with E-state index in [0.29, 0.717) is 0 Å². The van der Waals surface area contributed by atoms with Crippen molar-refractivity contribution >= 4 is 63.6 Å². The topological polar surface area (TPSA) is 0 Å². The van der Waals surface area contributed by atoms with Crippen LogP contribution in [0.3, 0.4) is 0 Å². The third-order valence-electron chi connectivity index (χ3n) is 5.18.